The molecule has 0 saturated heterocycles. The number of unbranched alkanes of at least 4 members (excludes halogenated alkanes) is 1. The van der Waals surface area contributed by atoms with Gasteiger partial charge < -0.3 is 0 Å². The topological polar surface area (TPSA) is 0 Å². The molecule has 1 aliphatic carbocycles. The lowest BCUT2D eigenvalue weighted by Crippen LogP contribution is -2.09. The second-order valence-corrected chi connectivity index (χ2v) is 4.88. The summed E-state index contributed by atoms with van der Waals surface area (Å²) in [7, 11) is 0. The summed E-state index contributed by atoms with van der Waals surface area (Å²) in [5.41, 5.74) is 0. The fourth-order valence-corrected chi connectivity index (χ4v) is 2.81. The van der Waals surface area contributed by atoms with E-state index in [4.69, 9.17) is 0 Å². The van der Waals surface area contributed by atoms with Gasteiger partial charge in [-0.3, -0.25) is 0 Å². The van der Waals surface area contributed by atoms with Gasteiger partial charge in [0.25, 0.3) is 0 Å². The van der Waals surface area contributed by atoms with Gasteiger partial charge in [0.2, 0.25) is 0 Å². The highest BCUT2D eigenvalue weighted by molar-refractivity contribution is 9.09. The van der Waals surface area contributed by atoms with E-state index < -0.39 is 0 Å². The van der Waals surface area contributed by atoms with Gasteiger partial charge in [-0.15, -0.1) is 0 Å². The van der Waals surface area contributed by atoms with Gasteiger partial charge in [-0.2, -0.15) is 0 Å². The molecule has 0 radical (unpaired) electrons. The predicted octanol–water partition coefficient (Wildman–Crippen LogP) is 4.13. The smallest absolute Gasteiger partial charge is 0.0174 e. The Kier molecular flexibility index (Phi) is 4.51. The van der Waals surface area contributed by atoms with Crippen molar-refractivity contribution in [2.75, 3.05) is 0 Å². The lowest BCUT2D eigenvalue weighted by atomic mass is 10.00. The Morgan fingerprint density at radius 3 is 2.55 bits per heavy atom. The molecular formula is C10H19Br. The number of halogens is 1. The first-order valence-corrected chi connectivity index (χ1v) is 5.90. The molecule has 0 nitrogen and oxygen atoms in total. The highest BCUT2D eigenvalue weighted by Gasteiger charge is 2.21. The number of rotatable bonds is 4. The normalized spacial score (nSPS) is 22.4. The lowest BCUT2D eigenvalue weighted by molar-refractivity contribution is 0.493. The Morgan fingerprint density at radius 2 is 2.00 bits per heavy atom. The quantitative estimate of drug-likeness (QED) is 0.623. The van der Waals surface area contributed by atoms with Crippen molar-refractivity contribution in [1.82, 2.24) is 0 Å². The van der Waals surface area contributed by atoms with Gasteiger partial charge in [0.1, 0.15) is 0 Å². The molecule has 1 heteroatoms. The van der Waals surface area contributed by atoms with Crippen LogP contribution in [0.4, 0.5) is 0 Å². The van der Waals surface area contributed by atoms with E-state index in [2.05, 4.69) is 22.9 Å². The molecule has 1 saturated carbocycles. The first kappa shape index (κ1) is 9.57. The minimum Gasteiger partial charge on any atom is -0.0888 e. The maximum Gasteiger partial charge on any atom is 0.0174 e. The zero-order chi connectivity index (χ0) is 8.10. The summed E-state index contributed by atoms with van der Waals surface area (Å²) in [6, 6.07) is 0. The van der Waals surface area contributed by atoms with Crippen molar-refractivity contribution in [1.29, 1.82) is 0 Å². The molecule has 1 aliphatic rings. The summed E-state index contributed by atoms with van der Waals surface area (Å²) >= 11 is 3.81. The molecule has 1 fully saturated rings. The van der Waals surface area contributed by atoms with Crippen molar-refractivity contribution < 1.29 is 0 Å². The Bertz CT molecular complexity index is 95.0. The van der Waals surface area contributed by atoms with E-state index in [1.54, 1.807) is 0 Å². The van der Waals surface area contributed by atoms with Gasteiger partial charge in [0.15, 0.2) is 0 Å². The predicted molar refractivity (Wildman–Crippen MR) is 54.2 cm³/mol. The Labute approximate surface area is 78.9 Å². The van der Waals surface area contributed by atoms with Crippen LogP contribution in [-0.4, -0.2) is 4.83 Å². The van der Waals surface area contributed by atoms with Gasteiger partial charge in [-0.25, -0.2) is 0 Å². The van der Waals surface area contributed by atoms with E-state index in [0.29, 0.717) is 0 Å². The molecule has 1 rings (SSSR count). The van der Waals surface area contributed by atoms with Crippen molar-refractivity contribution in [3.8, 4) is 0 Å². The molecule has 0 amide bonds. The first-order chi connectivity index (χ1) is 5.34. The summed E-state index contributed by atoms with van der Waals surface area (Å²) in [6.45, 7) is 2.27. The lowest BCUT2D eigenvalue weighted by Gasteiger charge is -2.15. The van der Waals surface area contributed by atoms with Crippen LogP contribution in [0.5, 0.6) is 0 Å². The molecule has 0 heterocycles. The van der Waals surface area contributed by atoms with Crippen LogP contribution in [0.1, 0.15) is 51.9 Å². The van der Waals surface area contributed by atoms with Gasteiger partial charge in [-0.05, 0) is 25.2 Å². The van der Waals surface area contributed by atoms with Gasteiger partial charge in [0.05, 0.1) is 0 Å². The molecular weight excluding hydrogens is 200 g/mol. The summed E-state index contributed by atoms with van der Waals surface area (Å²) in [5, 5.41) is 0. The molecule has 0 bridgehead atoms. The average molecular weight is 219 g/mol. The fraction of sp³-hybridized carbons (Fsp3) is 1.00. The first-order valence-electron chi connectivity index (χ1n) is 4.98. The van der Waals surface area contributed by atoms with Crippen molar-refractivity contribution in [2.24, 2.45) is 5.92 Å². The second kappa shape index (κ2) is 5.18. The van der Waals surface area contributed by atoms with Crippen molar-refractivity contribution in [2.45, 2.75) is 56.7 Å². The van der Waals surface area contributed by atoms with Crippen LogP contribution < -0.4 is 0 Å². The van der Waals surface area contributed by atoms with E-state index in [1.165, 1.54) is 44.9 Å². The Hall–Kier alpha value is 0.480. The maximum absolute atomic E-state index is 3.81. The minimum absolute atomic E-state index is 0.824. The summed E-state index contributed by atoms with van der Waals surface area (Å²) < 4.78 is 0. The third-order valence-corrected chi connectivity index (χ3v) is 3.95. The molecule has 0 aromatic carbocycles. The average Bonchev–Trinajstić information content (AvgIpc) is 2.52. The molecule has 11 heavy (non-hydrogen) atoms. The number of hydrogen-bond acceptors (Lipinski definition) is 0. The number of alkyl halides is 1. The van der Waals surface area contributed by atoms with Crippen molar-refractivity contribution >= 4 is 15.9 Å². The summed E-state index contributed by atoms with van der Waals surface area (Å²) in [4.78, 5) is 0.824. The number of hydrogen-bond donors (Lipinski definition) is 0. The third kappa shape index (κ3) is 3.14. The molecule has 0 aliphatic heterocycles. The van der Waals surface area contributed by atoms with Crippen LogP contribution in [-0.2, 0) is 0 Å². The van der Waals surface area contributed by atoms with E-state index in [-0.39, 0.29) is 0 Å². The Morgan fingerprint density at radius 1 is 1.36 bits per heavy atom. The van der Waals surface area contributed by atoms with Crippen LogP contribution in [0.15, 0.2) is 0 Å². The van der Waals surface area contributed by atoms with Crippen LogP contribution >= 0.6 is 15.9 Å². The maximum atomic E-state index is 3.81. The summed E-state index contributed by atoms with van der Waals surface area (Å²) in [5.74, 6) is 1.00. The zero-order valence-corrected chi connectivity index (χ0v) is 9.07. The fourth-order valence-electron chi connectivity index (χ4n) is 1.95. The van der Waals surface area contributed by atoms with Gasteiger partial charge in [-0.1, -0.05) is 48.5 Å². The molecule has 66 valence electrons. The van der Waals surface area contributed by atoms with Crippen molar-refractivity contribution in [3.63, 3.8) is 0 Å². The van der Waals surface area contributed by atoms with E-state index in [9.17, 15) is 0 Å². The largest absolute Gasteiger partial charge is 0.0888 e. The molecule has 1 unspecified atom stereocenters. The van der Waals surface area contributed by atoms with E-state index in [1.807, 2.05) is 0 Å². The van der Waals surface area contributed by atoms with Crippen LogP contribution in [0.2, 0.25) is 0 Å². The van der Waals surface area contributed by atoms with Crippen LogP contribution in [0, 0.1) is 5.92 Å². The monoisotopic (exact) mass is 218 g/mol. The molecule has 0 spiro atoms. The zero-order valence-electron chi connectivity index (χ0n) is 7.48. The molecule has 1 atom stereocenters. The Balaban J connectivity index is 2.12. The van der Waals surface area contributed by atoms with E-state index >= 15 is 0 Å². The van der Waals surface area contributed by atoms with Gasteiger partial charge >= 0.3 is 0 Å². The van der Waals surface area contributed by atoms with Crippen LogP contribution in [0.25, 0.3) is 0 Å². The molecule has 0 N–H and O–H groups in total. The highest BCUT2D eigenvalue weighted by atomic mass is 79.9. The third-order valence-electron chi connectivity index (χ3n) is 2.74. The highest BCUT2D eigenvalue weighted by Crippen LogP contribution is 2.33. The standard InChI is InChI=1S/C10H19Br/c1-2-3-8-10(11)9-6-4-5-7-9/h9-10H,2-8H2,1H3. The SMILES string of the molecule is CCCCC(Br)C1CCCC1. The molecule has 0 aromatic heterocycles. The van der Waals surface area contributed by atoms with Gasteiger partial charge in [0, 0.05) is 4.83 Å². The second-order valence-electron chi connectivity index (χ2n) is 3.70. The van der Waals surface area contributed by atoms with Crippen molar-refractivity contribution in [3.05, 3.63) is 0 Å². The van der Waals surface area contributed by atoms with Crippen LogP contribution in [0.3, 0.4) is 0 Å². The molecule has 0 aromatic rings. The minimum atomic E-state index is 0.824. The van der Waals surface area contributed by atoms with E-state index in [0.717, 1.165) is 10.7 Å². The summed E-state index contributed by atoms with van der Waals surface area (Å²) in [6.07, 6.45) is 10.0.